The summed E-state index contributed by atoms with van der Waals surface area (Å²) in [7, 11) is -3.32. The van der Waals surface area contributed by atoms with Gasteiger partial charge in [-0.05, 0) is 18.9 Å². The first-order valence-corrected chi connectivity index (χ1v) is 11.4. The van der Waals surface area contributed by atoms with Crippen molar-refractivity contribution in [1.82, 2.24) is 24.2 Å². The van der Waals surface area contributed by atoms with Crippen LogP contribution in [0.25, 0.3) is 22.4 Å². The lowest BCUT2D eigenvalue weighted by Crippen LogP contribution is -2.46. The third-order valence-corrected chi connectivity index (χ3v) is 6.53. The van der Waals surface area contributed by atoms with E-state index in [4.69, 9.17) is 11.6 Å². The summed E-state index contributed by atoms with van der Waals surface area (Å²) in [5.41, 5.74) is 1.27. The fourth-order valence-electron chi connectivity index (χ4n) is 3.61. The van der Waals surface area contributed by atoms with Crippen LogP contribution in [0.5, 0.6) is 0 Å². The zero-order chi connectivity index (χ0) is 20.6. The Morgan fingerprint density at radius 3 is 2.97 bits per heavy atom. The van der Waals surface area contributed by atoms with Gasteiger partial charge in [-0.25, -0.2) is 27.8 Å². The molecular formula is C18H20ClFN6O2S. The highest BCUT2D eigenvalue weighted by Gasteiger charge is 2.29. The van der Waals surface area contributed by atoms with Crippen LogP contribution >= 0.6 is 11.6 Å². The molecule has 4 heterocycles. The van der Waals surface area contributed by atoms with Crippen LogP contribution in [0.2, 0.25) is 5.02 Å². The first-order valence-electron chi connectivity index (χ1n) is 9.19. The van der Waals surface area contributed by atoms with E-state index >= 15 is 0 Å². The Morgan fingerprint density at radius 1 is 1.34 bits per heavy atom. The van der Waals surface area contributed by atoms with Crippen LogP contribution in [-0.4, -0.2) is 58.0 Å². The molecule has 1 saturated heterocycles. The molecule has 1 aliphatic rings. The molecule has 3 aromatic heterocycles. The van der Waals surface area contributed by atoms with Gasteiger partial charge >= 0.3 is 0 Å². The van der Waals surface area contributed by atoms with Gasteiger partial charge in [-0.3, -0.25) is 0 Å². The number of nitrogens with one attached hydrogen (secondary N) is 2. The van der Waals surface area contributed by atoms with Crippen LogP contribution in [0.4, 0.5) is 10.2 Å². The molecule has 1 fully saturated rings. The number of H-pyrrole nitrogens is 1. The highest BCUT2D eigenvalue weighted by Crippen LogP contribution is 2.28. The molecule has 1 unspecified atom stereocenters. The summed E-state index contributed by atoms with van der Waals surface area (Å²) < 4.78 is 39.8. The van der Waals surface area contributed by atoms with E-state index in [-0.39, 0.29) is 18.4 Å². The third-order valence-electron chi connectivity index (χ3n) is 4.99. The average molecular weight is 439 g/mol. The number of aromatic amines is 1. The summed E-state index contributed by atoms with van der Waals surface area (Å²) in [6.07, 6.45) is 7.98. The molecule has 0 radical (unpaired) electrons. The summed E-state index contributed by atoms with van der Waals surface area (Å²) in [6, 6.07) is 1.49. The number of fused-ring (bicyclic) bond motifs is 1. The molecule has 11 heteroatoms. The van der Waals surface area contributed by atoms with Crippen molar-refractivity contribution in [1.29, 1.82) is 0 Å². The number of hydrogen-bond acceptors (Lipinski definition) is 6. The molecule has 1 atom stereocenters. The molecule has 3 aromatic rings. The monoisotopic (exact) mass is 438 g/mol. The first-order chi connectivity index (χ1) is 13.8. The Labute approximate surface area is 172 Å². The SMILES string of the molecule is CS(=O)(=O)N1CCCCC1CNc1nc(-c2c[nH]c3ncc(Cl)cc23)ncc1F. The molecule has 1 aliphatic heterocycles. The largest absolute Gasteiger partial charge is 0.366 e. The van der Waals surface area contributed by atoms with Gasteiger partial charge in [-0.15, -0.1) is 0 Å². The predicted octanol–water partition coefficient (Wildman–Crippen LogP) is 3.04. The van der Waals surface area contributed by atoms with Gasteiger partial charge in [0.25, 0.3) is 0 Å². The molecule has 4 rings (SSSR count). The Balaban J connectivity index is 1.59. The number of hydrogen-bond donors (Lipinski definition) is 2. The molecule has 0 spiro atoms. The van der Waals surface area contributed by atoms with Crippen LogP contribution in [0.15, 0.2) is 24.7 Å². The summed E-state index contributed by atoms with van der Waals surface area (Å²) >= 11 is 6.03. The van der Waals surface area contributed by atoms with Gasteiger partial charge in [0.05, 0.1) is 17.5 Å². The number of piperidine rings is 1. The Morgan fingerprint density at radius 2 is 2.17 bits per heavy atom. The lowest BCUT2D eigenvalue weighted by Gasteiger charge is -2.33. The summed E-state index contributed by atoms with van der Waals surface area (Å²) in [5, 5.41) is 4.16. The van der Waals surface area contributed by atoms with Crippen LogP contribution in [0, 0.1) is 5.82 Å². The quantitative estimate of drug-likeness (QED) is 0.634. The van der Waals surface area contributed by atoms with E-state index < -0.39 is 15.8 Å². The van der Waals surface area contributed by atoms with Crippen LogP contribution in [-0.2, 0) is 10.0 Å². The highest BCUT2D eigenvalue weighted by atomic mass is 35.5. The molecule has 0 aliphatic carbocycles. The number of pyridine rings is 1. The summed E-state index contributed by atoms with van der Waals surface area (Å²) in [6.45, 7) is 0.744. The molecular weight excluding hydrogens is 419 g/mol. The van der Waals surface area contributed by atoms with E-state index in [9.17, 15) is 12.8 Å². The summed E-state index contributed by atoms with van der Waals surface area (Å²) in [4.78, 5) is 15.6. The highest BCUT2D eigenvalue weighted by molar-refractivity contribution is 7.88. The first kappa shape index (κ1) is 20.0. The lowest BCUT2D eigenvalue weighted by atomic mass is 10.1. The molecule has 0 saturated carbocycles. The molecule has 0 amide bonds. The number of sulfonamides is 1. The predicted molar refractivity (Wildman–Crippen MR) is 110 cm³/mol. The molecule has 154 valence electrons. The smallest absolute Gasteiger partial charge is 0.211 e. The van der Waals surface area contributed by atoms with E-state index in [0.717, 1.165) is 24.4 Å². The van der Waals surface area contributed by atoms with Gasteiger partial charge in [0.2, 0.25) is 10.0 Å². The van der Waals surface area contributed by atoms with Crippen LogP contribution in [0.1, 0.15) is 19.3 Å². The fraction of sp³-hybridized carbons (Fsp3) is 0.389. The molecule has 8 nitrogen and oxygen atoms in total. The van der Waals surface area contributed by atoms with Crippen molar-refractivity contribution in [2.75, 3.05) is 24.7 Å². The zero-order valence-electron chi connectivity index (χ0n) is 15.7. The second kappa shape index (κ2) is 7.85. The van der Waals surface area contributed by atoms with Gasteiger partial charge < -0.3 is 10.3 Å². The van der Waals surface area contributed by atoms with E-state index in [0.29, 0.717) is 35.0 Å². The van der Waals surface area contributed by atoms with Crippen molar-refractivity contribution in [3.05, 3.63) is 35.5 Å². The number of aromatic nitrogens is 4. The topological polar surface area (TPSA) is 104 Å². The van der Waals surface area contributed by atoms with Gasteiger partial charge in [-0.1, -0.05) is 18.0 Å². The van der Waals surface area contributed by atoms with Crippen molar-refractivity contribution in [2.24, 2.45) is 0 Å². The maximum atomic E-state index is 14.3. The zero-order valence-corrected chi connectivity index (χ0v) is 17.3. The van der Waals surface area contributed by atoms with E-state index in [2.05, 4.69) is 25.3 Å². The van der Waals surface area contributed by atoms with Gasteiger partial charge in [0, 0.05) is 42.5 Å². The van der Waals surface area contributed by atoms with Crippen molar-refractivity contribution < 1.29 is 12.8 Å². The molecule has 2 N–H and O–H groups in total. The van der Waals surface area contributed by atoms with Crippen molar-refractivity contribution >= 4 is 38.5 Å². The van der Waals surface area contributed by atoms with Crippen molar-refractivity contribution in [2.45, 2.75) is 25.3 Å². The Bertz CT molecular complexity index is 1150. The maximum Gasteiger partial charge on any atom is 0.211 e. The van der Waals surface area contributed by atoms with Crippen molar-refractivity contribution in [3.8, 4) is 11.4 Å². The second-order valence-electron chi connectivity index (χ2n) is 7.05. The Hall–Kier alpha value is -2.30. The van der Waals surface area contributed by atoms with Crippen LogP contribution < -0.4 is 5.32 Å². The maximum absolute atomic E-state index is 14.3. The Kier molecular flexibility index (Phi) is 5.41. The summed E-state index contributed by atoms with van der Waals surface area (Å²) in [5.74, 6) is -0.266. The van der Waals surface area contributed by atoms with E-state index in [1.54, 1.807) is 12.3 Å². The minimum Gasteiger partial charge on any atom is -0.366 e. The van der Waals surface area contributed by atoms with Crippen molar-refractivity contribution in [3.63, 3.8) is 0 Å². The minimum atomic E-state index is -3.32. The number of nitrogens with zero attached hydrogens (tertiary/aromatic N) is 4. The number of anilines is 1. The standard InChI is InChI=1S/C18H20ClFN6O2S/c1-29(27,28)26-5-3-2-4-12(26)8-22-18-15(20)10-24-17(25-18)14-9-23-16-13(14)6-11(19)7-21-16/h6-7,9-10,12H,2-5,8H2,1H3,(H,21,23)(H,22,24,25). The average Bonchev–Trinajstić information content (AvgIpc) is 3.10. The van der Waals surface area contributed by atoms with Gasteiger partial charge in [-0.2, -0.15) is 4.31 Å². The normalized spacial score (nSPS) is 18.2. The molecule has 0 aromatic carbocycles. The number of halogens is 2. The van der Waals surface area contributed by atoms with Gasteiger partial charge in [0.1, 0.15) is 5.65 Å². The fourth-order valence-corrected chi connectivity index (χ4v) is 4.95. The van der Waals surface area contributed by atoms with E-state index in [1.165, 1.54) is 16.8 Å². The minimum absolute atomic E-state index is 0.0263. The van der Waals surface area contributed by atoms with Gasteiger partial charge in [0.15, 0.2) is 17.5 Å². The van der Waals surface area contributed by atoms with Crippen LogP contribution in [0.3, 0.4) is 0 Å². The van der Waals surface area contributed by atoms with E-state index in [1.807, 2.05) is 0 Å². The second-order valence-corrected chi connectivity index (χ2v) is 9.42. The third kappa shape index (κ3) is 4.19. The molecule has 0 bridgehead atoms. The number of rotatable bonds is 5. The molecule has 29 heavy (non-hydrogen) atoms. The lowest BCUT2D eigenvalue weighted by molar-refractivity contribution is 0.263.